The molecule has 0 spiro atoms. The van der Waals surface area contributed by atoms with Gasteiger partial charge in [0.2, 0.25) is 0 Å². The van der Waals surface area contributed by atoms with Gasteiger partial charge in [-0.2, -0.15) is 5.10 Å². The maximum Gasteiger partial charge on any atom is 0.287 e. The van der Waals surface area contributed by atoms with Crippen LogP contribution in [0.2, 0.25) is 5.02 Å². The molecule has 1 fully saturated rings. The number of rotatable bonds is 7. The molecule has 1 aliphatic heterocycles. The predicted molar refractivity (Wildman–Crippen MR) is 84.1 cm³/mol. The summed E-state index contributed by atoms with van der Waals surface area (Å²) in [5.74, 6) is 0. The molecule has 0 amide bonds. The second-order valence-corrected chi connectivity index (χ2v) is 5.53. The van der Waals surface area contributed by atoms with Crippen molar-refractivity contribution in [2.24, 2.45) is 0 Å². The summed E-state index contributed by atoms with van der Waals surface area (Å²) >= 11 is 6.08. The second-order valence-electron chi connectivity index (χ2n) is 5.15. The van der Waals surface area contributed by atoms with E-state index in [-0.39, 0.29) is 10.6 Å². The minimum atomic E-state index is -0.247. The van der Waals surface area contributed by atoms with E-state index in [1.807, 2.05) is 6.92 Å². The molecule has 21 heavy (non-hydrogen) atoms. The van der Waals surface area contributed by atoms with Gasteiger partial charge in [0.05, 0.1) is 24.6 Å². The lowest BCUT2D eigenvalue weighted by molar-refractivity contribution is 0.0394. The smallest absolute Gasteiger partial charge is 0.287 e. The SMILES string of the molecule is CCCn1ncc(NCCOC2CCNCC2)c(Cl)c1=O. The van der Waals surface area contributed by atoms with Crippen molar-refractivity contribution in [2.45, 2.75) is 38.8 Å². The van der Waals surface area contributed by atoms with E-state index in [2.05, 4.69) is 15.7 Å². The van der Waals surface area contributed by atoms with Crippen LogP contribution in [-0.4, -0.2) is 42.1 Å². The van der Waals surface area contributed by atoms with Crippen molar-refractivity contribution in [3.63, 3.8) is 0 Å². The normalized spacial score (nSPS) is 16.1. The number of piperidine rings is 1. The molecule has 6 nitrogen and oxygen atoms in total. The maximum atomic E-state index is 11.9. The van der Waals surface area contributed by atoms with E-state index in [0.29, 0.717) is 31.5 Å². The number of aryl methyl sites for hydroxylation is 1. The van der Waals surface area contributed by atoms with E-state index in [1.54, 1.807) is 6.20 Å². The van der Waals surface area contributed by atoms with Crippen LogP contribution in [-0.2, 0) is 11.3 Å². The third kappa shape index (κ3) is 4.69. The predicted octanol–water partition coefficient (Wildman–Crippen LogP) is 1.49. The molecule has 0 aromatic carbocycles. The van der Waals surface area contributed by atoms with Crippen molar-refractivity contribution in [1.29, 1.82) is 0 Å². The molecule has 0 radical (unpaired) electrons. The number of hydrogen-bond donors (Lipinski definition) is 2. The average Bonchev–Trinajstić information content (AvgIpc) is 2.51. The molecular weight excluding hydrogens is 292 g/mol. The van der Waals surface area contributed by atoms with Crippen LogP contribution in [0.5, 0.6) is 0 Å². The van der Waals surface area contributed by atoms with E-state index in [9.17, 15) is 4.79 Å². The molecule has 0 bridgehead atoms. The van der Waals surface area contributed by atoms with Gasteiger partial charge in [-0.15, -0.1) is 0 Å². The highest BCUT2D eigenvalue weighted by Crippen LogP contribution is 2.15. The summed E-state index contributed by atoms with van der Waals surface area (Å²) in [4.78, 5) is 11.9. The molecule has 0 saturated carbocycles. The Morgan fingerprint density at radius 2 is 2.29 bits per heavy atom. The van der Waals surface area contributed by atoms with Gasteiger partial charge in [0.1, 0.15) is 5.02 Å². The molecule has 2 heterocycles. The summed E-state index contributed by atoms with van der Waals surface area (Å²) in [5, 5.41) is 10.7. The number of nitrogens with zero attached hydrogens (tertiary/aromatic N) is 2. The molecule has 0 aliphatic carbocycles. The lowest BCUT2D eigenvalue weighted by atomic mass is 10.1. The topological polar surface area (TPSA) is 68.2 Å². The van der Waals surface area contributed by atoms with Crippen molar-refractivity contribution in [1.82, 2.24) is 15.1 Å². The van der Waals surface area contributed by atoms with Crippen molar-refractivity contribution < 1.29 is 4.74 Å². The number of ether oxygens (including phenoxy) is 1. The first-order valence-corrected chi connectivity index (χ1v) is 7.92. The van der Waals surface area contributed by atoms with Gasteiger partial charge in [-0.3, -0.25) is 4.79 Å². The van der Waals surface area contributed by atoms with Crippen LogP contribution in [0.25, 0.3) is 0 Å². The molecule has 1 saturated heterocycles. The number of hydrogen-bond acceptors (Lipinski definition) is 5. The van der Waals surface area contributed by atoms with Crippen LogP contribution in [0.1, 0.15) is 26.2 Å². The first-order chi connectivity index (χ1) is 10.2. The minimum Gasteiger partial charge on any atom is -0.380 e. The number of aromatic nitrogens is 2. The molecule has 0 atom stereocenters. The summed E-state index contributed by atoms with van der Waals surface area (Å²) < 4.78 is 7.18. The third-order valence-electron chi connectivity index (χ3n) is 3.48. The Balaban J connectivity index is 1.80. The van der Waals surface area contributed by atoms with Gasteiger partial charge in [0, 0.05) is 13.1 Å². The molecule has 2 N–H and O–H groups in total. The Morgan fingerprint density at radius 1 is 1.52 bits per heavy atom. The number of anilines is 1. The molecule has 1 aromatic rings. The van der Waals surface area contributed by atoms with Gasteiger partial charge in [-0.25, -0.2) is 4.68 Å². The highest BCUT2D eigenvalue weighted by Gasteiger charge is 2.13. The average molecular weight is 315 g/mol. The van der Waals surface area contributed by atoms with Crippen molar-refractivity contribution >= 4 is 17.3 Å². The van der Waals surface area contributed by atoms with Crippen LogP contribution in [0.15, 0.2) is 11.0 Å². The van der Waals surface area contributed by atoms with Crippen LogP contribution >= 0.6 is 11.6 Å². The van der Waals surface area contributed by atoms with Gasteiger partial charge in [0.15, 0.2) is 0 Å². The van der Waals surface area contributed by atoms with E-state index in [0.717, 1.165) is 32.4 Å². The fourth-order valence-electron chi connectivity index (χ4n) is 2.33. The molecular formula is C14H23ClN4O2. The lowest BCUT2D eigenvalue weighted by Crippen LogP contribution is -2.33. The Hall–Kier alpha value is -1.11. The third-order valence-corrected chi connectivity index (χ3v) is 3.84. The Bertz CT molecular complexity index is 500. The Kier molecular flexibility index (Phi) is 6.48. The zero-order chi connectivity index (χ0) is 15.1. The molecule has 1 aromatic heterocycles. The minimum absolute atomic E-state index is 0.195. The molecule has 7 heteroatoms. The summed E-state index contributed by atoms with van der Waals surface area (Å²) in [6.07, 6.45) is 4.88. The van der Waals surface area contributed by atoms with E-state index in [4.69, 9.17) is 16.3 Å². The zero-order valence-corrected chi connectivity index (χ0v) is 13.2. The largest absolute Gasteiger partial charge is 0.380 e. The quantitative estimate of drug-likeness (QED) is 0.746. The highest BCUT2D eigenvalue weighted by molar-refractivity contribution is 6.32. The summed E-state index contributed by atoms with van der Waals surface area (Å²) in [5.41, 5.74) is 0.325. The highest BCUT2D eigenvalue weighted by atomic mass is 35.5. The Morgan fingerprint density at radius 3 is 3.00 bits per heavy atom. The monoisotopic (exact) mass is 314 g/mol. The summed E-state index contributed by atoms with van der Waals surface area (Å²) in [6, 6.07) is 0. The van der Waals surface area contributed by atoms with Gasteiger partial charge in [-0.1, -0.05) is 18.5 Å². The van der Waals surface area contributed by atoms with Crippen molar-refractivity contribution in [2.75, 3.05) is 31.6 Å². The van der Waals surface area contributed by atoms with E-state index < -0.39 is 0 Å². The second kappa shape index (κ2) is 8.36. The maximum absolute atomic E-state index is 11.9. The van der Waals surface area contributed by atoms with Crippen molar-refractivity contribution in [3.8, 4) is 0 Å². The summed E-state index contributed by atoms with van der Waals surface area (Å²) in [7, 11) is 0. The van der Waals surface area contributed by atoms with Crippen LogP contribution in [0, 0.1) is 0 Å². The fraction of sp³-hybridized carbons (Fsp3) is 0.714. The Labute approximate surface area is 129 Å². The lowest BCUT2D eigenvalue weighted by Gasteiger charge is -2.23. The standard InChI is InChI=1S/C14H23ClN4O2/c1-2-8-19-14(20)13(15)12(10-18-19)17-7-9-21-11-3-5-16-6-4-11/h10-11,16-17H,2-9H2,1H3. The number of halogens is 1. The molecule has 118 valence electrons. The summed E-state index contributed by atoms with van der Waals surface area (Å²) in [6.45, 7) is 5.82. The zero-order valence-electron chi connectivity index (χ0n) is 12.4. The first kappa shape index (κ1) is 16.3. The van der Waals surface area contributed by atoms with Crippen LogP contribution < -0.4 is 16.2 Å². The van der Waals surface area contributed by atoms with Crippen molar-refractivity contribution in [3.05, 3.63) is 21.6 Å². The van der Waals surface area contributed by atoms with Crippen LogP contribution in [0.4, 0.5) is 5.69 Å². The fourth-order valence-corrected chi connectivity index (χ4v) is 2.55. The van der Waals surface area contributed by atoms with E-state index in [1.165, 1.54) is 4.68 Å². The molecule has 0 unspecified atom stereocenters. The van der Waals surface area contributed by atoms with Gasteiger partial charge < -0.3 is 15.4 Å². The molecule has 1 aliphatic rings. The van der Waals surface area contributed by atoms with Gasteiger partial charge in [-0.05, 0) is 32.4 Å². The molecule has 2 rings (SSSR count). The van der Waals surface area contributed by atoms with Crippen LogP contribution in [0.3, 0.4) is 0 Å². The van der Waals surface area contributed by atoms with E-state index >= 15 is 0 Å². The first-order valence-electron chi connectivity index (χ1n) is 7.54. The van der Waals surface area contributed by atoms with Gasteiger partial charge >= 0.3 is 0 Å². The number of nitrogens with one attached hydrogen (secondary N) is 2. The van der Waals surface area contributed by atoms with Gasteiger partial charge in [0.25, 0.3) is 5.56 Å².